The van der Waals surface area contributed by atoms with E-state index < -0.39 is 0 Å². The second kappa shape index (κ2) is 6.48. The highest BCUT2D eigenvalue weighted by Gasteiger charge is 2.33. The monoisotopic (exact) mass is 367 g/mol. The molecule has 1 unspecified atom stereocenters. The third kappa shape index (κ3) is 3.05. The summed E-state index contributed by atoms with van der Waals surface area (Å²) in [6.07, 6.45) is 0. The van der Waals surface area contributed by atoms with Gasteiger partial charge >= 0.3 is 0 Å². The molecule has 132 valence electrons. The summed E-state index contributed by atoms with van der Waals surface area (Å²) < 4.78 is 2.07. The summed E-state index contributed by atoms with van der Waals surface area (Å²) in [5.41, 5.74) is 2.99. The lowest BCUT2D eigenvalue weighted by Gasteiger charge is -2.25. The van der Waals surface area contributed by atoms with Crippen molar-refractivity contribution in [3.63, 3.8) is 0 Å². The Kier molecular flexibility index (Phi) is 4.14. The number of hydrogen-bond donors (Lipinski definition) is 4. The SMILES string of the molecule is Oc1cc(O)cc(C2c3ccccc3CN2Sc2ccc(O)cc2O)c1. The van der Waals surface area contributed by atoms with Crippen LogP contribution in [0.1, 0.15) is 22.7 Å². The van der Waals surface area contributed by atoms with Gasteiger partial charge in [0.1, 0.15) is 23.0 Å². The van der Waals surface area contributed by atoms with Gasteiger partial charge in [-0.25, -0.2) is 4.31 Å². The lowest BCUT2D eigenvalue weighted by molar-refractivity contribution is 0.421. The Bertz CT molecular complexity index is 956. The summed E-state index contributed by atoms with van der Waals surface area (Å²) >= 11 is 1.37. The second-order valence-corrected chi connectivity index (χ2v) is 7.29. The van der Waals surface area contributed by atoms with E-state index in [2.05, 4.69) is 4.31 Å². The molecule has 0 saturated heterocycles. The third-order valence-electron chi connectivity index (χ3n) is 4.36. The Morgan fingerprint density at radius 1 is 0.808 bits per heavy atom. The van der Waals surface area contributed by atoms with Crippen molar-refractivity contribution in [1.29, 1.82) is 0 Å². The Hall–Kier alpha value is -2.83. The maximum Gasteiger partial charge on any atom is 0.134 e. The van der Waals surface area contributed by atoms with E-state index in [1.54, 1.807) is 18.2 Å². The van der Waals surface area contributed by atoms with Crippen LogP contribution in [0, 0.1) is 0 Å². The highest BCUT2D eigenvalue weighted by Crippen LogP contribution is 2.47. The van der Waals surface area contributed by atoms with E-state index in [-0.39, 0.29) is 29.0 Å². The molecule has 4 N–H and O–H groups in total. The van der Waals surface area contributed by atoms with Gasteiger partial charge in [-0.1, -0.05) is 24.3 Å². The fraction of sp³-hybridized carbons (Fsp3) is 0.100. The number of rotatable bonds is 3. The fourth-order valence-electron chi connectivity index (χ4n) is 3.28. The summed E-state index contributed by atoms with van der Waals surface area (Å²) in [6, 6.07) is 16.9. The first-order valence-electron chi connectivity index (χ1n) is 8.08. The van der Waals surface area contributed by atoms with Crippen LogP contribution >= 0.6 is 11.9 Å². The quantitative estimate of drug-likeness (QED) is 0.521. The molecule has 4 rings (SSSR count). The summed E-state index contributed by atoms with van der Waals surface area (Å²) in [5, 5.41) is 39.4. The molecular weight excluding hydrogens is 350 g/mol. The van der Waals surface area contributed by atoms with Gasteiger partial charge in [-0.05, 0) is 52.9 Å². The van der Waals surface area contributed by atoms with E-state index in [0.717, 1.165) is 16.7 Å². The van der Waals surface area contributed by atoms with Crippen LogP contribution < -0.4 is 0 Å². The van der Waals surface area contributed by atoms with Crippen molar-refractivity contribution >= 4 is 11.9 Å². The van der Waals surface area contributed by atoms with Crippen molar-refractivity contribution in [2.24, 2.45) is 0 Å². The molecule has 3 aromatic rings. The minimum absolute atomic E-state index is 0.00168. The Labute approximate surface area is 154 Å². The Balaban J connectivity index is 1.76. The summed E-state index contributed by atoms with van der Waals surface area (Å²) in [7, 11) is 0. The van der Waals surface area contributed by atoms with Crippen LogP contribution in [-0.4, -0.2) is 24.7 Å². The number of benzene rings is 3. The maximum absolute atomic E-state index is 10.1. The van der Waals surface area contributed by atoms with Gasteiger partial charge in [-0.2, -0.15) is 0 Å². The Morgan fingerprint density at radius 3 is 2.27 bits per heavy atom. The molecule has 1 aliphatic rings. The normalized spacial score (nSPS) is 16.5. The molecule has 1 heterocycles. The standard InChI is InChI=1S/C20H17NO4S/c22-14-5-6-19(18(25)10-14)26-21-11-12-3-1-2-4-17(12)20(21)13-7-15(23)9-16(24)8-13/h1-10,20,22-25H,11H2. The zero-order valence-electron chi connectivity index (χ0n) is 13.7. The van der Waals surface area contributed by atoms with Gasteiger partial charge in [0, 0.05) is 18.7 Å². The van der Waals surface area contributed by atoms with Crippen molar-refractivity contribution < 1.29 is 20.4 Å². The first-order chi connectivity index (χ1) is 12.5. The number of fused-ring (bicyclic) bond motifs is 1. The molecule has 6 heteroatoms. The largest absolute Gasteiger partial charge is 0.508 e. The summed E-state index contributed by atoms with van der Waals surface area (Å²) in [5.74, 6) is 0.0121. The molecular formula is C20H17NO4S. The van der Waals surface area contributed by atoms with Gasteiger partial charge in [-0.15, -0.1) is 0 Å². The highest BCUT2D eigenvalue weighted by atomic mass is 32.2. The third-order valence-corrected chi connectivity index (χ3v) is 5.48. The molecule has 0 aliphatic carbocycles. The molecule has 1 atom stereocenters. The van der Waals surface area contributed by atoms with Crippen molar-refractivity contribution in [3.8, 4) is 23.0 Å². The predicted octanol–water partition coefficient (Wildman–Crippen LogP) is 4.12. The average Bonchev–Trinajstić information content (AvgIpc) is 2.94. The molecule has 3 aromatic carbocycles. The van der Waals surface area contributed by atoms with Crippen molar-refractivity contribution in [2.75, 3.05) is 0 Å². The highest BCUT2D eigenvalue weighted by molar-refractivity contribution is 7.97. The minimum Gasteiger partial charge on any atom is -0.508 e. The van der Waals surface area contributed by atoms with Crippen molar-refractivity contribution in [3.05, 3.63) is 77.4 Å². The van der Waals surface area contributed by atoms with Crippen LogP contribution in [-0.2, 0) is 6.54 Å². The first kappa shape index (κ1) is 16.6. The van der Waals surface area contributed by atoms with E-state index in [1.807, 2.05) is 24.3 Å². The van der Waals surface area contributed by atoms with E-state index in [1.165, 1.54) is 30.1 Å². The molecule has 0 aromatic heterocycles. The minimum atomic E-state index is -0.192. The molecule has 1 aliphatic heterocycles. The number of aromatic hydroxyl groups is 4. The Morgan fingerprint density at radius 2 is 1.54 bits per heavy atom. The smallest absolute Gasteiger partial charge is 0.134 e. The molecule has 0 spiro atoms. The van der Waals surface area contributed by atoms with E-state index in [0.29, 0.717) is 11.4 Å². The zero-order valence-corrected chi connectivity index (χ0v) is 14.5. The van der Waals surface area contributed by atoms with Crippen molar-refractivity contribution in [2.45, 2.75) is 17.5 Å². The van der Waals surface area contributed by atoms with Gasteiger partial charge in [0.05, 0.1) is 10.9 Å². The second-order valence-electron chi connectivity index (χ2n) is 6.20. The predicted molar refractivity (Wildman–Crippen MR) is 99.2 cm³/mol. The van der Waals surface area contributed by atoms with Crippen molar-refractivity contribution in [1.82, 2.24) is 4.31 Å². The molecule has 5 nitrogen and oxygen atoms in total. The summed E-state index contributed by atoms with van der Waals surface area (Å²) in [4.78, 5) is 0.616. The maximum atomic E-state index is 10.1. The van der Waals surface area contributed by atoms with E-state index in [9.17, 15) is 20.4 Å². The molecule has 0 fully saturated rings. The molecule has 26 heavy (non-hydrogen) atoms. The van der Waals surface area contributed by atoms with Crippen LogP contribution in [0.3, 0.4) is 0 Å². The van der Waals surface area contributed by atoms with Crippen LogP contribution in [0.5, 0.6) is 23.0 Å². The first-order valence-corrected chi connectivity index (χ1v) is 8.86. The number of phenolic OH excluding ortho intramolecular Hbond substituents is 4. The molecule has 0 bridgehead atoms. The van der Waals surface area contributed by atoms with Gasteiger partial charge in [-0.3, -0.25) is 0 Å². The molecule has 0 saturated carbocycles. The molecule has 0 amide bonds. The van der Waals surface area contributed by atoms with Crippen LogP contribution in [0.4, 0.5) is 0 Å². The molecule has 0 radical (unpaired) electrons. The van der Waals surface area contributed by atoms with Crippen LogP contribution in [0.15, 0.2) is 65.6 Å². The fourth-order valence-corrected chi connectivity index (χ4v) is 4.35. The van der Waals surface area contributed by atoms with Gasteiger partial charge in [0.25, 0.3) is 0 Å². The number of nitrogens with zero attached hydrogens (tertiary/aromatic N) is 1. The number of phenols is 4. The average molecular weight is 367 g/mol. The van der Waals surface area contributed by atoms with Gasteiger partial charge < -0.3 is 20.4 Å². The topological polar surface area (TPSA) is 84.2 Å². The zero-order chi connectivity index (χ0) is 18.3. The van der Waals surface area contributed by atoms with E-state index >= 15 is 0 Å². The lowest BCUT2D eigenvalue weighted by atomic mass is 9.98. The van der Waals surface area contributed by atoms with Crippen LogP contribution in [0.2, 0.25) is 0 Å². The van der Waals surface area contributed by atoms with E-state index in [4.69, 9.17) is 0 Å². The van der Waals surface area contributed by atoms with Gasteiger partial charge in [0.15, 0.2) is 0 Å². The summed E-state index contributed by atoms with van der Waals surface area (Å²) in [6.45, 7) is 0.641. The number of hydrogen-bond acceptors (Lipinski definition) is 6. The van der Waals surface area contributed by atoms with Crippen LogP contribution in [0.25, 0.3) is 0 Å². The lowest BCUT2D eigenvalue weighted by Crippen LogP contribution is -2.15. The van der Waals surface area contributed by atoms with Gasteiger partial charge in [0.2, 0.25) is 0 Å².